The fraction of sp³-hybridized carbons (Fsp3) is 0.0750. The summed E-state index contributed by atoms with van der Waals surface area (Å²) in [5.41, 5.74) is 8.91. The minimum atomic E-state index is -1.99. The molecule has 0 amide bonds. The van der Waals surface area contributed by atoms with Gasteiger partial charge in [0.25, 0.3) is 6.33 Å². The molecule has 0 aliphatic carbocycles. The van der Waals surface area contributed by atoms with Gasteiger partial charge in [-0.3, -0.25) is 4.57 Å². The Morgan fingerprint density at radius 3 is 2.15 bits per heavy atom. The number of rotatable bonds is 2. The molecule has 0 saturated carbocycles. The Kier molecular flexibility index (Phi) is 7.95. The van der Waals surface area contributed by atoms with Crippen molar-refractivity contribution >= 4 is 49.9 Å². The van der Waals surface area contributed by atoms with Crippen LogP contribution < -0.4 is 23.1 Å². The van der Waals surface area contributed by atoms with Gasteiger partial charge in [-0.1, -0.05) is 42.0 Å². The zero-order chi connectivity index (χ0) is 30.5. The molecule has 0 unspecified atom stereocenters. The number of para-hydroxylation sites is 6. The monoisotopic (exact) mass is 843 g/mol. The van der Waals surface area contributed by atoms with Gasteiger partial charge in [-0.05, 0) is 24.7 Å². The van der Waals surface area contributed by atoms with Gasteiger partial charge >= 0.3 is 159 Å². The van der Waals surface area contributed by atoms with E-state index in [1.54, 1.807) is 0 Å². The van der Waals surface area contributed by atoms with Crippen LogP contribution in [0.2, 0.25) is 11.6 Å². The first kappa shape index (κ1) is 30.3. The predicted molar refractivity (Wildman–Crippen MR) is 183 cm³/mol. The first-order valence-corrected chi connectivity index (χ1v) is 20.0. The van der Waals surface area contributed by atoms with Gasteiger partial charge in [-0.15, -0.1) is 0 Å². The molecule has 3 heterocycles. The number of hydrogen-bond donors (Lipinski definition) is 0. The number of aromatic nitrogens is 2. The summed E-state index contributed by atoms with van der Waals surface area (Å²) in [4.78, 5) is 2.28. The van der Waals surface area contributed by atoms with Gasteiger partial charge < -0.3 is 4.57 Å². The molecule has 6 heteroatoms. The van der Waals surface area contributed by atoms with E-state index >= 15 is 0 Å². The molecule has 0 N–H and O–H groups in total. The van der Waals surface area contributed by atoms with E-state index in [9.17, 15) is 0 Å². The van der Waals surface area contributed by atoms with Crippen LogP contribution in [0.15, 0.2) is 127 Å². The molecule has 46 heavy (non-hydrogen) atoms. The summed E-state index contributed by atoms with van der Waals surface area (Å²) in [6, 6.07) is 53.6. The summed E-state index contributed by atoms with van der Waals surface area (Å²) >= 11 is -1.99. The number of hydrogen-bond acceptors (Lipinski definition) is 2. The predicted octanol–water partition coefficient (Wildman–Crippen LogP) is 7.81. The second-order valence-electron chi connectivity index (χ2n) is 11.5. The van der Waals surface area contributed by atoms with Crippen molar-refractivity contribution in [3.63, 3.8) is 0 Å². The van der Waals surface area contributed by atoms with Crippen molar-refractivity contribution in [3.05, 3.63) is 157 Å². The molecule has 0 fully saturated rings. The molecule has 4 nitrogen and oxygen atoms in total. The molecule has 2 aliphatic rings. The van der Waals surface area contributed by atoms with E-state index in [1.165, 1.54) is 20.2 Å². The average Bonchev–Trinajstić information content (AvgIpc) is 3.47. The number of imidazole rings is 1. The van der Waals surface area contributed by atoms with E-state index in [-0.39, 0.29) is 21.1 Å². The normalized spacial score (nSPS) is 13.9. The number of aryl methyl sites for hydroxylation is 1. The maximum atomic E-state index is 6.17. The van der Waals surface area contributed by atoms with Crippen LogP contribution in [0.3, 0.4) is 0 Å². The topological polar surface area (TPSA) is 21.3 Å². The maximum Gasteiger partial charge on any atom is 4.00 e. The van der Waals surface area contributed by atoms with E-state index in [2.05, 4.69) is 136 Å². The molecule has 0 radical (unpaired) electrons. The summed E-state index contributed by atoms with van der Waals surface area (Å²) in [5, 5.41) is 0. The van der Waals surface area contributed by atoms with E-state index in [0.717, 1.165) is 45.3 Å². The number of ether oxygens (including phenoxy) is 1. The van der Waals surface area contributed by atoms with E-state index < -0.39 is 12.8 Å². The summed E-state index contributed by atoms with van der Waals surface area (Å²) in [6.07, 6.45) is 3.44. The molecule has 7 aromatic rings. The van der Waals surface area contributed by atoms with Gasteiger partial charge in [0.1, 0.15) is 0 Å². The summed E-state index contributed by atoms with van der Waals surface area (Å²) in [7, 11) is 0. The molecule has 0 bridgehead atoms. The van der Waals surface area contributed by atoms with E-state index in [0.29, 0.717) is 0 Å². The third-order valence-electron chi connectivity index (χ3n) is 8.34. The number of benzene rings is 6. The van der Waals surface area contributed by atoms with Crippen LogP contribution in [0.1, 0.15) is 5.56 Å². The molecule has 9 rings (SSSR count). The Morgan fingerprint density at radius 1 is 0.652 bits per heavy atom. The Balaban J connectivity index is 0.000000144. The van der Waals surface area contributed by atoms with Crippen molar-refractivity contribution in [2.24, 2.45) is 0 Å². The fourth-order valence-electron chi connectivity index (χ4n) is 6.11. The van der Waals surface area contributed by atoms with Crippen LogP contribution in [0.4, 0.5) is 17.1 Å². The number of nitrogens with zero attached hydrogens (tertiary/aromatic N) is 3. The van der Waals surface area contributed by atoms with Crippen LogP contribution in [0, 0.1) is 31.5 Å². The van der Waals surface area contributed by atoms with Gasteiger partial charge in [-0.2, -0.15) is 30.3 Å². The third kappa shape index (κ3) is 5.00. The van der Waals surface area contributed by atoms with Crippen LogP contribution >= 0.6 is 0 Å². The summed E-state index contributed by atoms with van der Waals surface area (Å²) in [5.74, 6) is 6.62. The maximum absolute atomic E-state index is 6.17. The van der Waals surface area contributed by atoms with Crippen LogP contribution in [0.5, 0.6) is 11.5 Å². The first-order valence-electron chi connectivity index (χ1n) is 14.9. The molecular formula is C40H30N3OPtSe+. The summed E-state index contributed by atoms with van der Waals surface area (Å²) in [6.45, 7) is 2.10. The van der Waals surface area contributed by atoms with Crippen molar-refractivity contribution in [1.29, 1.82) is 0 Å². The minimum Gasteiger partial charge on any atom is -0.315 e. The van der Waals surface area contributed by atoms with Gasteiger partial charge in [0, 0.05) is 0 Å². The standard InChI is InChI=1S/C20H15N2.C20H15NOSe.Pt/c1-16-11-13-18(14-12-16)22-15-21(17-7-3-2-4-8-17)19-9-5-6-10-20(19)22;1-23(2)18-12-6-4-9-15(18)21-14-8-3-5-10-16(14)22-17-11-7-13-19(23)20(17)21;/h2-7,9-14H,1H3;3-7,10-13H,1-2H3;/q-1;-2;+4. The van der Waals surface area contributed by atoms with E-state index in [4.69, 9.17) is 4.74 Å². The Morgan fingerprint density at radius 2 is 1.35 bits per heavy atom. The van der Waals surface area contributed by atoms with E-state index in [1.807, 2.05) is 48.5 Å². The van der Waals surface area contributed by atoms with Crippen molar-refractivity contribution in [3.8, 4) is 22.9 Å². The van der Waals surface area contributed by atoms with Crippen molar-refractivity contribution in [1.82, 2.24) is 4.57 Å². The molecule has 0 saturated heterocycles. The van der Waals surface area contributed by atoms with Crippen molar-refractivity contribution in [2.75, 3.05) is 4.90 Å². The first-order chi connectivity index (χ1) is 22.0. The van der Waals surface area contributed by atoms with Crippen LogP contribution in [0.25, 0.3) is 22.4 Å². The SMILES string of the molecule is C[Se]1(C)c2ccc[c-]c2N2c3[c-]cccc3Oc3cccc1c32.Cc1ccc(-[n+]2[c-]n(-c3[c-]cccc3)c3ccccc32)cc1.[Pt+4]. The third-order valence-corrected chi connectivity index (χ3v) is 14.3. The molecule has 0 atom stereocenters. The number of fused-ring (bicyclic) bond motifs is 5. The molecule has 226 valence electrons. The molecule has 2 aliphatic heterocycles. The number of anilines is 3. The second kappa shape index (κ2) is 12.1. The quantitative estimate of drug-likeness (QED) is 0.101. The Hall–Kier alpha value is -4.40. The molecule has 0 spiro atoms. The average molecular weight is 843 g/mol. The molecule has 6 aromatic carbocycles. The van der Waals surface area contributed by atoms with Gasteiger partial charge in [0.2, 0.25) is 0 Å². The van der Waals surface area contributed by atoms with Gasteiger partial charge in [0.05, 0.1) is 16.7 Å². The zero-order valence-corrected chi connectivity index (χ0v) is 29.6. The Bertz CT molecular complexity index is 2190. The van der Waals surface area contributed by atoms with Gasteiger partial charge in [-0.25, -0.2) is 0 Å². The molecular weight excluding hydrogens is 812 g/mol. The smallest absolute Gasteiger partial charge is 0.315 e. The largest absolute Gasteiger partial charge is 4.00 e. The fourth-order valence-corrected chi connectivity index (χ4v) is 11.1. The minimum absolute atomic E-state index is 0. The summed E-state index contributed by atoms with van der Waals surface area (Å²) < 4.78 is 13.2. The van der Waals surface area contributed by atoms with Crippen LogP contribution in [-0.4, -0.2) is 17.4 Å². The van der Waals surface area contributed by atoms with Gasteiger partial charge in [0.15, 0.2) is 0 Å². The van der Waals surface area contributed by atoms with Crippen molar-refractivity contribution in [2.45, 2.75) is 18.6 Å². The Labute approximate surface area is 287 Å². The zero-order valence-electron chi connectivity index (χ0n) is 25.6. The van der Waals surface area contributed by atoms with Crippen LogP contribution in [-0.2, 0) is 21.1 Å². The second-order valence-corrected chi connectivity index (χ2v) is 18.9. The van der Waals surface area contributed by atoms with Crippen molar-refractivity contribution < 1.29 is 30.4 Å². The molecule has 1 aromatic heterocycles.